The Balaban J connectivity index is 3.59. The van der Waals surface area contributed by atoms with Crippen molar-refractivity contribution in [1.82, 2.24) is 5.32 Å². The molecule has 50 valence electrons. The molecule has 0 rings (SSSR count). The fourth-order valence-electron chi connectivity index (χ4n) is 0.206. The molecule has 0 heterocycles. The maximum absolute atomic E-state index is 10.0. The first-order valence-electron chi connectivity index (χ1n) is 2.10. The van der Waals surface area contributed by atoms with Gasteiger partial charge in [-0.2, -0.15) is 0 Å². The fourth-order valence-corrected chi connectivity index (χ4v) is 0.206. The number of hydrogen-bond donors (Lipinski definition) is 2. The number of carbonyl (C=O) groups is 3. The molecule has 5 nitrogen and oxygen atoms in total. The molecule has 9 heavy (non-hydrogen) atoms. The van der Waals surface area contributed by atoms with Crippen LogP contribution in [0.25, 0.3) is 0 Å². The van der Waals surface area contributed by atoms with Crippen LogP contribution in [-0.4, -0.2) is 29.8 Å². The van der Waals surface area contributed by atoms with Gasteiger partial charge >= 0.3 is 0 Å². The van der Waals surface area contributed by atoms with Crippen LogP contribution >= 0.6 is 0 Å². The normalized spacial score (nSPS) is 8.11. The van der Waals surface area contributed by atoms with Crippen molar-refractivity contribution in [2.75, 3.05) is 6.61 Å². The molecule has 0 spiro atoms. The Kier molecular flexibility index (Phi) is 3.22. The Labute approximate surface area is 50.7 Å². The summed E-state index contributed by atoms with van der Waals surface area (Å²) in [5, 5.41) is 9.58. The molecule has 0 radical (unpaired) electrons. The van der Waals surface area contributed by atoms with Gasteiger partial charge in [-0.1, -0.05) is 0 Å². The van der Waals surface area contributed by atoms with E-state index >= 15 is 0 Å². The molecule has 0 aromatic heterocycles. The lowest BCUT2D eigenvalue weighted by atomic mass is 10.6. The Morgan fingerprint density at radius 1 is 1.56 bits per heavy atom. The number of hydrogen-bond acceptors (Lipinski definition) is 4. The molecule has 0 fully saturated rings. The van der Waals surface area contributed by atoms with Crippen LogP contribution < -0.4 is 5.32 Å². The van der Waals surface area contributed by atoms with Crippen LogP contribution in [0.4, 0.5) is 0 Å². The number of amides is 2. The summed E-state index contributed by atoms with van der Waals surface area (Å²) in [6.07, 6.45) is -0.0481. The van der Waals surface area contributed by atoms with Gasteiger partial charge in [0.1, 0.15) is 6.61 Å². The summed E-state index contributed by atoms with van der Waals surface area (Å²) in [4.78, 5) is 29.5. The second-order valence-electron chi connectivity index (χ2n) is 1.19. The van der Waals surface area contributed by atoms with Crippen LogP contribution in [0.2, 0.25) is 0 Å². The van der Waals surface area contributed by atoms with Gasteiger partial charge < -0.3 is 5.11 Å². The number of carbonyl (C=O) groups excluding carboxylic acids is 3. The summed E-state index contributed by atoms with van der Waals surface area (Å²) >= 11 is 0. The maximum atomic E-state index is 10.0. The molecule has 0 aliphatic carbocycles. The van der Waals surface area contributed by atoms with E-state index in [1.807, 2.05) is 0 Å². The van der Waals surface area contributed by atoms with Crippen molar-refractivity contribution in [1.29, 1.82) is 0 Å². The van der Waals surface area contributed by atoms with Crippen molar-refractivity contribution < 1.29 is 19.5 Å². The third-order valence-electron chi connectivity index (χ3n) is 0.513. The van der Waals surface area contributed by atoms with Gasteiger partial charge in [0.15, 0.2) is 0 Å². The van der Waals surface area contributed by atoms with Crippen molar-refractivity contribution in [3.05, 3.63) is 0 Å². The predicted molar refractivity (Wildman–Crippen MR) is 26.3 cm³/mol. The molecule has 2 N–H and O–H groups in total. The molecule has 0 saturated carbocycles. The molecule has 0 unspecified atom stereocenters. The van der Waals surface area contributed by atoms with Crippen molar-refractivity contribution in [2.45, 2.75) is 0 Å². The Morgan fingerprint density at radius 2 is 2.11 bits per heavy atom. The Hall–Kier alpha value is -1.23. The molecule has 0 aliphatic rings. The van der Waals surface area contributed by atoms with E-state index in [0.29, 0.717) is 0 Å². The van der Waals surface area contributed by atoms with E-state index in [4.69, 9.17) is 5.11 Å². The van der Waals surface area contributed by atoms with Gasteiger partial charge in [0.05, 0.1) is 0 Å². The van der Waals surface area contributed by atoms with Crippen molar-refractivity contribution in [3.8, 4) is 0 Å². The van der Waals surface area contributed by atoms with Gasteiger partial charge in [0.2, 0.25) is 6.29 Å². The van der Waals surface area contributed by atoms with Crippen LogP contribution in [0.1, 0.15) is 0 Å². The van der Waals surface area contributed by atoms with Crippen LogP contribution in [-0.2, 0) is 14.4 Å². The van der Waals surface area contributed by atoms with Gasteiger partial charge in [-0.25, -0.2) is 0 Å². The summed E-state index contributed by atoms with van der Waals surface area (Å²) < 4.78 is 0. The second kappa shape index (κ2) is 3.73. The van der Waals surface area contributed by atoms with Crippen LogP contribution in [0.15, 0.2) is 0 Å². The summed E-state index contributed by atoms with van der Waals surface area (Å²) in [6, 6.07) is 0. The van der Waals surface area contributed by atoms with Crippen LogP contribution in [0.3, 0.4) is 0 Å². The predicted octanol–water partition coefficient (Wildman–Crippen LogP) is -2.18. The van der Waals surface area contributed by atoms with Gasteiger partial charge in [-0.05, 0) is 0 Å². The lowest BCUT2D eigenvalue weighted by molar-refractivity contribution is -0.137. The van der Waals surface area contributed by atoms with Gasteiger partial charge in [-0.3, -0.25) is 19.7 Å². The average Bonchev–Trinajstić information content (AvgIpc) is 1.87. The first-order chi connectivity index (χ1) is 4.20. The van der Waals surface area contributed by atoms with E-state index in [1.165, 1.54) is 0 Å². The topological polar surface area (TPSA) is 83.5 Å². The van der Waals surface area contributed by atoms with Crippen molar-refractivity contribution >= 4 is 18.1 Å². The lowest BCUT2D eigenvalue weighted by Gasteiger charge is -1.91. The van der Waals surface area contributed by atoms with E-state index in [9.17, 15) is 14.4 Å². The molecule has 2 amide bonds. The highest BCUT2D eigenvalue weighted by Gasteiger charge is 2.02. The molecule has 0 saturated heterocycles. The number of rotatable bonds is 2. The molecule has 0 aromatic carbocycles. The molecular formula is C4H5NO4. The van der Waals surface area contributed by atoms with Crippen LogP contribution in [0.5, 0.6) is 0 Å². The minimum absolute atomic E-state index is 0.0481. The quantitative estimate of drug-likeness (QED) is 0.329. The highest BCUT2D eigenvalue weighted by molar-refractivity contribution is 6.27. The zero-order valence-electron chi connectivity index (χ0n) is 4.46. The van der Waals surface area contributed by atoms with Gasteiger partial charge in [0, 0.05) is 0 Å². The smallest absolute Gasteiger partial charge is 0.290 e. The standard InChI is InChI=1S/C4H5NO4/c6-1-3(8)5-4(9)2-7/h1,7H,2H2,(H,5,8,9). The fraction of sp³-hybridized carbons (Fsp3) is 0.250. The molecule has 0 aliphatic heterocycles. The zero-order valence-corrected chi connectivity index (χ0v) is 4.46. The monoisotopic (exact) mass is 131 g/mol. The largest absolute Gasteiger partial charge is 0.387 e. The molecule has 0 bridgehead atoms. The molecule has 0 aromatic rings. The third kappa shape index (κ3) is 3.36. The first kappa shape index (κ1) is 7.77. The number of aldehydes is 1. The Morgan fingerprint density at radius 3 is 2.44 bits per heavy atom. The summed E-state index contributed by atoms with van der Waals surface area (Å²) in [5.41, 5.74) is 0. The number of aliphatic hydroxyl groups excluding tert-OH is 1. The van der Waals surface area contributed by atoms with Crippen LogP contribution in [0, 0.1) is 0 Å². The highest BCUT2D eigenvalue weighted by Crippen LogP contribution is 1.60. The number of nitrogens with one attached hydrogen (secondary N) is 1. The van der Waals surface area contributed by atoms with E-state index in [0.717, 1.165) is 0 Å². The van der Waals surface area contributed by atoms with E-state index in [1.54, 1.807) is 5.32 Å². The SMILES string of the molecule is O=CC(=O)NC(=O)CO. The third-order valence-corrected chi connectivity index (χ3v) is 0.513. The molecule has 5 heteroatoms. The van der Waals surface area contributed by atoms with Crippen molar-refractivity contribution in [3.63, 3.8) is 0 Å². The minimum Gasteiger partial charge on any atom is -0.387 e. The van der Waals surface area contributed by atoms with Gasteiger partial charge in [-0.15, -0.1) is 0 Å². The first-order valence-corrected chi connectivity index (χ1v) is 2.10. The zero-order chi connectivity index (χ0) is 7.28. The number of imide groups is 1. The van der Waals surface area contributed by atoms with E-state index in [2.05, 4.69) is 0 Å². The van der Waals surface area contributed by atoms with Crippen molar-refractivity contribution in [2.24, 2.45) is 0 Å². The van der Waals surface area contributed by atoms with E-state index < -0.39 is 18.4 Å². The maximum Gasteiger partial charge on any atom is 0.290 e. The highest BCUT2D eigenvalue weighted by atomic mass is 16.3. The lowest BCUT2D eigenvalue weighted by Crippen LogP contribution is -2.33. The average molecular weight is 131 g/mol. The van der Waals surface area contributed by atoms with Gasteiger partial charge in [0.25, 0.3) is 11.8 Å². The minimum atomic E-state index is -1.05. The Bertz CT molecular complexity index is 142. The van der Waals surface area contributed by atoms with E-state index in [-0.39, 0.29) is 6.29 Å². The molecule has 0 atom stereocenters. The number of aliphatic hydroxyl groups is 1. The molecular weight excluding hydrogens is 126 g/mol. The summed E-state index contributed by atoms with van der Waals surface area (Å²) in [6.45, 7) is -0.792. The summed E-state index contributed by atoms with van der Waals surface area (Å²) in [5.74, 6) is -1.93. The summed E-state index contributed by atoms with van der Waals surface area (Å²) in [7, 11) is 0. The second-order valence-corrected chi connectivity index (χ2v) is 1.19.